The Hall–Kier alpha value is -2.52. The van der Waals surface area contributed by atoms with Crippen molar-refractivity contribution in [2.24, 2.45) is 0 Å². The molecule has 0 unspecified atom stereocenters. The fraction of sp³-hybridized carbons (Fsp3) is 0.0476. The van der Waals surface area contributed by atoms with Gasteiger partial charge < -0.3 is 0 Å². The Labute approximate surface area is 150 Å². The van der Waals surface area contributed by atoms with Gasteiger partial charge in [-0.3, -0.25) is 4.79 Å². The van der Waals surface area contributed by atoms with Gasteiger partial charge in [-0.15, -0.1) is 0 Å². The molecule has 24 heavy (non-hydrogen) atoms. The van der Waals surface area contributed by atoms with E-state index in [9.17, 15) is 4.79 Å². The van der Waals surface area contributed by atoms with Gasteiger partial charge in [0.2, 0.25) is 12.3 Å². The first-order valence-electron chi connectivity index (χ1n) is 7.72. The second-order valence-corrected chi connectivity index (χ2v) is 6.39. The molecule has 0 amide bonds. The molecule has 2 nitrogen and oxygen atoms in total. The first-order chi connectivity index (χ1) is 11.7. The fourth-order valence-electron chi connectivity index (χ4n) is 2.33. The minimum Gasteiger partial charge on any atom is -0.287 e. The Bertz CT molecular complexity index is 837. The molecule has 0 fully saturated rings. The van der Waals surface area contributed by atoms with Crippen molar-refractivity contribution in [3.05, 3.63) is 100 Å². The first kappa shape index (κ1) is 16.3. The highest BCUT2D eigenvalue weighted by Crippen LogP contribution is 2.11. The number of rotatable bonds is 5. The number of carbonyl (C=O) groups is 1. The van der Waals surface area contributed by atoms with Crippen molar-refractivity contribution in [1.82, 2.24) is 0 Å². The number of ketones is 1. The van der Waals surface area contributed by atoms with Crippen molar-refractivity contribution in [1.29, 1.82) is 0 Å². The molecule has 118 valence electrons. The van der Waals surface area contributed by atoms with E-state index in [1.165, 1.54) is 5.56 Å². The van der Waals surface area contributed by atoms with E-state index in [0.717, 1.165) is 15.6 Å². The summed E-state index contributed by atoms with van der Waals surface area (Å²) in [5.74, 6) is 0.0973. The van der Waals surface area contributed by atoms with Crippen LogP contribution in [0.1, 0.15) is 21.5 Å². The Morgan fingerprint density at radius 2 is 1.42 bits per heavy atom. The summed E-state index contributed by atoms with van der Waals surface area (Å²) >= 11 is 3.38. The van der Waals surface area contributed by atoms with E-state index >= 15 is 0 Å². The highest BCUT2D eigenvalue weighted by atomic mass is 79.9. The largest absolute Gasteiger partial charge is 0.287 e. The molecular weight excluding hydrogens is 362 g/mol. The second kappa shape index (κ2) is 7.84. The summed E-state index contributed by atoms with van der Waals surface area (Å²) in [5.41, 5.74) is 2.99. The average Bonchev–Trinajstić information content (AvgIpc) is 2.62. The third-order valence-corrected chi connectivity index (χ3v) is 4.21. The maximum absolute atomic E-state index is 12.3. The number of Topliss-reactive ketones (excluding diaryl/α,β-unsaturated/α-hetero) is 1. The molecule has 1 aromatic heterocycles. The molecule has 0 bridgehead atoms. The van der Waals surface area contributed by atoms with Gasteiger partial charge in [-0.25, -0.2) is 0 Å². The van der Waals surface area contributed by atoms with Crippen LogP contribution < -0.4 is 4.57 Å². The van der Waals surface area contributed by atoms with E-state index in [2.05, 4.69) is 40.2 Å². The van der Waals surface area contributed by atoms with Crippen LogP contribution in [0.4, 0.5) is 0 Å². The van der Waals surface area contributed by atoms with E-state index in [1.807, 2.05) is 71.6 Å². The Morgan fingerprint density at radius 3 is 2.04 bits per heavy atom. The van der Waals surface area contributed by atoms with Crippen LogP contribution in [0, 0.1) is 0 Å². The maximum Gasteiger partial charge on any atom is 0.227 e. The van der Waals surface area contributed by atoms with Crippen LogP contribution in [0.3, 0.4) is 0 Å². The van der Waals surface area contributed by atoms with Crippen molar-refractivity contribution < 1.29 is 9.36 Å². The van der Waals surface area contributed by atoms with Crippen molar-refractivity contribution in [3.63, 3.8) is 0 Å². The van der Waals surface area contributed by atoms with Crippen LogP contribution >= 0.6 is 15.9 Å². The van der Waals surface area contributed by atoms with Crippen LogP contribution in [-0.4, -0.2) is 5.78 Å². The van der Waals surface area contributed by atoms with E-state index in [-0.39, 0.29) is 5.78 Å². The standard InChI is InChI=1S/C21H17BrNO/c22-20-10-8-19(9-11-20)21(24)16-23-14-12-18(13-15-23)7-6-17-4-2-1-3-5-17/h1-15H,16H2/q+1/b7-6+. The first-order valence-corrected chi connectivity index (χ1v) is 8.51. The fourth-order valence-corrected chi connectivity index (χ4v) is 2.60. The van der Waals surface area contributed by atoms with Gasteiger partial charge in [0, 0.05) is 22.2 Å². The van der Waals surface area contributed by atoms with Crippen LogP contribution in [0.5, 0.6) is 0 Å². The minimum absolute atomic E-state index is 0.0973. The van der Waals surface area contributed by atoms with Gasteiger partial charge >= 0.3 is 0 Å². The summed E-state index contributed by atoms with van der Waals surface area (Å²) < 4.78 is 2.87. The van der Waals surface area contributed by atoms with Crippen molar-refractivity contribution in [2.75, 3.05) is 0 Å². The third kappa shape index (κ3) is 4.49. The lowest BCUT2D eigenvalue weighted by molar-refractivity contribution is -0.683. The van der Waals surface area contributed by atoms with Crippen molar-refractivity contribution >= 4 is 33.9 Å². The minimum atomic E-state index is 0.0973. The summed E-state index contributed by atoms with van der Waals surface area (Å²) in [4.78, 5) is 12.3. The average molecular weight is 379 g/mol. The molecule has 3 heteroatoms. The number of halogens is 1. The highest BCUT2D eigenvalue weighted by molar-refractivity contribution is 9.10. The van der Waals surface area contributed by atoms with Gasteiger partial charge in [-0.2, -0.15) is 4.57 Å². The summed E-state index contributed by atoms with van der Waals surface area (Å²) in [6.07, 6.45) is 8.01. The zero-order valence-electron chi connectivity index (χ0n) is 13.1. The van der Waals surface area contributed by atoms with Crippen molar-refractivity contribution in [2.45, 2.75) is 6.54 Å². The topological polar surface area (TPSA) is 20.9 Å². The van der Waals surface area contributed by atoms with Gasteiger partial charge in [-0.1, -0.05) is 70.5 Å². The Kier molecular flexibility index (Phi) is 5.34. The molecule has 1 heterocycles. The predicted molar refractivity (Wildman–Crippen MR) is 100 cm³/mol. The number of nitrogens with zero attached hydrogens (tertiary/aromatic N) is 1. The van der Waals surface area contributed by atoms with E-state index in [1.54, 1.807) is 0 Å². The summed E-state index contributed by atoms with van der Waals surface area (Å²) in [7, 11) is 0. The summed E-state index contributed by atoms with van der Waals surface area (Å²) in [6.45, 7) is 0.338. The molecule has 0 aliphatic heterocycles. The van der Waals surface area contributed by atoms with Gasteiger partial charge in [0.25, 0.3) is 0 Å². The molecular formula is C21H17BrNO+. The number of aromatic nitrogens is 1. The number of hydrogen-bond acceptors (Lipinski definition) is 1. The van der Waals surface area contributed by atoms with Crippen LogP contribution in [0.15, 0.2) is 83.6 Å². The van der Waals surface area contributed by atoms with Crippen molar-refractivity contribution in [3.8, 4) is 0 Å². The molecule has 0 spiro atoms. The number of pyridine rings is 1. The van der Waals surface area contributed by atoms with Gasteiger partial charge in [0.1, 0.15) is 0 Å². The Balaban J connectivity index is 1.65. The SMILES string of the molecule is O=C(C[n+]1ccc(/C=C/c2ccccc2)cc1)c1ccc(Br)cc1. The summed E-state index contributed by atoms with van der Waals surface area (Å²) in [6, 6.07) is 21.6. The molecule has 0 aliphatic rings. The lowest BCUT2D eigenvalue weighted by Gasteiger charge is -1.99. The predicted octanol–water partition coefficient (Wildman–Crippen LogP) is 4.79. The third-order valence-electron chi connectivity index (χ3n) is 3.68. The zero-order chi connectivity index (χ0) is 16.8. The maximum atomic E-state index is 12.3. The molecule has 0 saturated heterocycles. The van der Waals surface area contributed by atoms with Gasteiger partial charge in [0.05, 0.1) is 0 Å². The quantitative estimate of drug-likeness (QED) is 0.461. The number of hydrogen-bond donors (Lipinski definition) is 0. The number of benzene rings is 2. The molecule has 2 aromatic carbocycles. The smallest absolute Gasteiger partial charge is 0.227 e. The second-order valence-electron chi connectivity index (χ2n) is 5.48. The Morgan fingerprint density at radius 1 is 0.833 bits per heavy atom. The molecule has 3 aromatic rings. The van der Waals surface area contributed by atoms with Crippen LogP contribution in [-0.2, 0) is 6.54 Å². The van der Waals surface area contributed by atoms with E-state index < -0.39 is 0 Å². The molecule has 0 radical (unpaired) electrons. The van der Waals surface area contributed by atoms with Crippen LogP contribution in [0.2, 0.25) is 0 Å². The molecule has 3 rings (SSSR count). The normalized spacial score (nSPS) is 10.9. The molecule has 0 N–H and O–H groups in total. The highest BCUT2D eigenvalue weighted by Gasteiger charge is 2.11. The van der Waals surface area contributed by atoms with Gasteiger partial charge in [0.15, 0.2) is 12.4 Å². The number of carbonyl (C=O) groups excluding carboxylic acids is 1. The molecule has 0 atom stereocenters. The van der Waals surface area contributed by atoms with Crippen LogP contribution in [0.25, 0.3) is 12.2 Å². The molecule has 0 saturated carbocycles. The van der Waals surface area contributed by atoms with E-state index in [4.69, 9.17) is 0 Å². The lowest BCUT2D eigenvalue weighted by atomic mass is 10.1. The summed E-state index contributed by atoms with van der Waals surface area (Å²) in [5, 5.41) is 0. The van der Waals surface area contributed by atoms with E-state index in [0.29, 0.717) is 6.54 Å². The molecule has 0 aliphatic carbocycles. The monoisotopic (exact) mass is 378 g/mol. The zero-order valence-corrected chi connectivity index (χ0v) is 14.7. The lowest BCUT2D eigenvalue weighted by Crippen LogP contribution is -2.37. The van der Waals surface area contributed by atoms with Gasteiger partial charge in [-0.05, 0) is 23.3 Å².